The normalized spacial score (nSPS) is 17.1. The Hall–Kier alpha value is -0.0700. The molecule has 0 fully saturated rings. The maximum Gasteiger partial charge on any atom is 0.168 e. The Morgan fingerprint density at radius 3 is 3.10 bits per heavy atom. The average Bonchev–Trinajstić information content (AvgIpc) is 2.12. The minimum atomic E-state index is 0.0407. The fraction of sp³-hybridized carbons (Fsp3) is 0.250. The predicted molar refractivity (Wildman–Crippen MR) is 46.2 cm³/mol. The molecular weight excluding hydrogens is 188 g/mol. The Balaban J connectivity index is 2.73. The van der Waals surface area contributed by atoms with Gasteiger partial charge in [-0.25, -0.2) is 0 Å². The molecule has 0 unspecified atom stereocenters. The van der Waals surface area contributed by atoms with Crippen LogP contribution in [-0.2, 0) is 16.1 Å². The van der Waals surface area contributed by atoms with E-state index in [-0.39, 0.29) is 5.78 Å². The van der Waals surface area contributed by atoms with Crippen LogP contribution in [-0.4, -0.2) is 5.78 Å². The highest BCUT2D eigenvalue weighted by atomic mass is 32.2. The Bertz CT molecular complexity index is 241. The fourth-order valence-electron chi connectivity index (χ4n) is 0.328. The van der Waals surface area contributed by atoms with Crippen LogP contribution in [0.5, 0.6) is 0 Å². The molecule has 10 heavy (non-hydrogen) atoms. The van der Waals surface area contributed by atoms with E-state index in [0.29, 0.717) is 4.91 Å². The van der Waals surface area contributed by atoms with Gasteiger partial charge in [0, 0.05) is 29.3 Å². The van der Waals surface area contributed by atoms with Crippen LogP contribution in [0.15, 0.2) is 17.8 Å². The van der Waals surface area contributed by atoms with Gasteiger partial charge >= 0.3 is 0 Å². The van der Waals surface area contributed by atoms with Gasteiger partial charge in [0.05, 0.1) is 16.3 Å². The van der Waals surface area contributed by atoms with E-state index < -0.39 is 0 Å². The first-order valence-electron chi connectivity index (χ1n) is 2.41. The molecule has 0 aromatic heterocycles. The third-order valence-electron chi connectivity index (χ3n) is 0.752. The summed E-state index contributed by atoms with van der Waals surface area (Å²) >= 11 is 3.53. The summed E-state index contributed by atoms with van der Waals surface area (Å²) in [6.07, 6.45) is 0. The maximum atomic E-state index is 10.7. The summed E-state index contributed by atoms with van der Waals surface area (Å²) in [7, 11) is 0. The standard InChI is InChI=1S/C4H4N2OS3/c1-3(7)4-2-8-5-10-6-9-4/h2H,1H3. The summed E-state index contributed by atoms with van der Waals surface area (Å²) in [5.41, 5.74) is 0. The number of hydrogen-bond donors (Lipinski definition) is 0. The quantitative estimate of drug-likeness (QED) is 0.598. The second kappa shape index (κ2) is 3.95. The highest BCUT2D eigenvalue weighted by Crippen LogP contribution is 2.24. The summed E-state index contributed by atoms with van der Waals surface area (Å²) in [6, 6.07) is 0. The zero-order valence-corrected chi connectivity index (χ0v) is 7.55. The molecular formula is C4H4N2OS3. The van der Waals surface area contributed by atoms with Crippen molar-refractivity contribution in [2.75, 3.05) is 0 Å². The first-order valence-corrected chi connectivity index (χ1v) is 4.75. The number of ketones is 1. The Labute approximate surface area is 70.8 Å². The summed E-state index contributed by atoms with van der Waals surface area (Å²) in [5.74, 6) is 0.0407. The Morgan fingerprint density at radius 1 is 1.60 bits per heavy atom. The van der Waals surface area contributed by atoms with Crippen LogP contribution in [0, 0.1) is 0 Å². The number of allylic oxidation sites excluding steroid dienone is 1. The molecule has 6 heteroatoms. The zero-order chi connectivity index (χ0) is 7.40. The summed E-state index contributed by atoms with van der Waals surface area (Å²) in [6.45, 7) is 1.52. The highest BCUT2D eigenvalue weighted by Gasteiger charge is 2.04. The first-order chi connectivity index (χ1) is 4.80. The van der Waals surface area contributed by atoms with E-state index in [1.54, 1.807) is 5.41 Å². The summed E-state index contributed by atoms with van der Waals surface area (Å²) < 4.78 is 7.65. The Morgan fingerprint density at radius 2 is 2.40 bits per heavy atom. The van der Waals surface area contributed by atoms with E-state index in [1.807, 2.05) is 0 Å². The van der Waals surface area contributed by atoms with Crippen molar-refractivity contribution in [1.82, 2.24) is 0 Å². The number of carbonyl (C=O) groups is 1. The lowest BCUT2D eigenvalue weighted by Crippen LogP contribution is -1.88. The van der Waals surface area contributed by atoms with E-state index in [4.69, 9.17) is 0 Å². The van der Waals surface area contributed by atoms with Gasteiger partial charge in [-0.3, -0.25) is 4.79 Å². The largest absolute Gasteiger partial charge is 0.294 e. The molecule has 0 saturated heterocycles. The van der Waals surface area contributed by atoms with Crippen molar-refractivity contribution in [3.05, 3.63) is 10.3 Å². The second-order valence-corrected chi connectivity index (χ2v) is 3.89. The lowest BCUT2D eigenvalue weighted by molar-refractivity contribution is -0.112. The van der Waals surface area contributed by atoms with E-state index in [9.17, 15) is 4.79 Å². The van der Waals surface area contributed by atoms with Gasteiger partial charge in [0.15, 0.2) is 5.78 Å². The third-order valence-corrected chi connectivity index (χ3v) is 3.02. The molecule has 54 valence electrons. The zero-order valence-electron chi connectivity index (χ0n) is 5.10. The molecule has 1 heterocycles. The van der Waals surface area contributed by atoms with Gasteiger partial charge in [0.25, 0.3) is 0 Å². The van der Waals surface area contributed by atoms with Crippen molar-refractivity contribution in [2.24, 2.45) is 7.54 Å². The topological polar surface area (TPSA) is 41.8 Å². The first kappa shape index (κ1) is 8.03. The van der Waals surface area contributed by atoms with Crippen molar-refractivity contribution in [2.45, 2.75) is 6.92 Å². The molecule has 0 amide bonds. The van der Waals surface area contributed by atoms with E-state index in [0.717, 1.165) is 11.4 Å². The monoisotopic (exact) mass is 192 g/mol. The van der Waals surface area contributed by atoms with Crippen LogP contribution in [0.25, 0.3) is 0 Å². The van der Waals surface area contributed by atoms with Crippen LogP contribution >= 0.6 is 23.9 Å². The molecule has 1 rings (SSSR count). The van der Waals surface area contributed by atoms with Gasteiger partial charge in [-0.1, -0.05) is 0 Å². The van der Waals surface area contributed by atoms with Crippen LogP contribution in [0.1, 0.15) is 6.92 Å². The van der Waals surface area contributed by atoms with E-state index in [1.165, 1.54) is 30.8 Å². The van der Waals surface area contributed by atoms with Crippen LogP contribution < -0.4 is 0 Å². The van der Waals surface area contributed by atoms with Gasteiger partial charge in [-0.2, -0.15) is 0 Å². The van der Waals surface area contributed by atoms with Gasteiger partial charge in [0.2, 0.25) is 0 Å². The molecule has 1 aliphatic heterocycles. The fourth-order valence-corrected chi connectivity index (χ4v) is 2.15. The minimum absolute atomic E-state index is 0.0407. The molecule has 1 aliphatic rings. The van der Waals surface area contributed by atoms with Crippen molar-refractivity contribution in [1.29, 1.82) is 0 Å². The Kier molecular flexibility index (Phi) is 3.17. The highest BCUT2D eigenvalue weighted by molar-refractivity contribution is 8.10. The van der Waals surface area contributed by atoms with Gasteiger partial charge < -0.3 is 0 Å². The van der Waals surface area contributed by atoms with E-state index in [2.05, 4.69) is 7.54 Å². The van der Waals surface area contributed by atoms with Crippen molar-refractivity contribution >= 4 is 41.0 Å². The number of carbonyl (C=O) groups excluding carboxylic acids is 1. The van der Waals surface area contributed by atoms with Crippen LogP contribution in [0.4, 0.5) is 0 Å². The minimum Gasteiger partial charge on any atom is -0.294 e. The van der Waals surface area contributed by atoms with E-state index >= 15 is 0 Å². The SMILES string of the molecule is CC(=O)C1=CSN=S=NS1. The number of rotatable bonds is 1. The van der Waals surface area contributed by atoms with Gasteiger partial charge in [-0.05, 0) is 6.92 Å². The molecule has 0 aromatic carbocycles. The molecule has 0 aliphatic carbocycles. The van der Waals surface area contributed by atoms with Crippen molar-refractivity contribution < 1.29 is 4.79 Å². The lowest BCUT2D eigenvalue weighted by Gasteiger charge is -1.90. The predicted octanol–water partition coefficient (Wildman–Crippen LogP) is 2.18. The molecule has 0 radical (unpaired) electrons. The molecule has 3 nitrogen and oxygen atoms in total. The molecule has 0 atom stereocenters. The molecule has 0 aromatic rings. The molecule has 0 saturated carbocycles. The smallest absolute Gasteiger partial charge is 0.168 e. The summed E-state index contributed by atoms with van der Waals surface area (Å²) in [5, 5.41) is 1.70. The van der Waals surface area contributed by atoms with Crippen LogP contribution in [0.2, 0.25) is 0 Å². The number of Topliss-reactive ketones (excluding diaryl/α,β-unsaturated/α-hetero) is 1. The van der Waals surface area contributed by atoms with Gasteiger partial charge in [-0.15, -0.1) is 7.54 Å². The maximum absolute atomic E-state index is 10.7. The van der Waals surface area contributed by atoms with Crippen molar-refractivity contribution in [3.8, 4) is 0 Å². The number of hydrogen-bond acceptors (Lipinski definition) is 5. The lowest BCUT2D eigenvalue weighted by atomic mass is 10.4. The molecule has 0 N–H and O–H groups in total. The second-order valence-electron chi connectivity index (χ2n) is 1.47. The molecule has 0 bridgehead atoms. The number of nitrogens with zero attached hydrogens (tertiary/aromatic N) is 2. The van der Waals surface area contributed by atoms with Crippen LogP contribution in [0.3, 0.4) is 0 Å². The molecule has 0 spiro atoms. The third kappa shape index (κ3) is 2.28. The van der Waals surface area contributed by atoms with Gasteiger partial charge in [0.1, 0.15) is 0 Å². The van der Waals surface area contributed by atoms with Crippen molar-refractivity contribution in [3.63, 3.8) is 0 Å². The summed E-state index contributed by atoms with van der Waals surface area (Å²) in [4.78, 5) is 11.4. The average molecular weight is 192 g/mol.